The Morgan fingerprint density at radius 2 is 1.92 bits per heavy atom. The fraction of sp³-hybridized carbons (Fsp3) is 0.375. The van der Waals surface area contributed by atoms with E-state index in [9.17, 15) is 8.42 Å². The molecule has 3 rings (SSSR count). The third-order valence-corrected chi connectivity index (χ3v) is 5.44. The predicted molar refractivity (Wildman–Crippen MR) is 90.3 cm³/mol. The van der Waals surface area contributed by atoms with Gasteiger partial charge >= 0.3 is 0 Å². The van der Waals surface area contributed by atoms with Crippen LogP contribution in [0.2, 0.25) is 0 Å². The highest BCUT2D eigenvalue weighted by Gasteiger charge is 2.18. The molecule has 0 unspecified atom stereocenters. The van der Waals surface area contributed by atoms with Gasteiger partial charge in [-0.15, -0.1) is 0 Å². The summed E-state index contributed by atoms with van der Waals surface area (Å²) >= 11 is 0. The lowest BCUT2D eigenvalue weighted by molar-refractivity contribution is 0.576. The first-order valence-electron chi connectivity index (χ1n) is 7.82. The molecule has 0 spiro atoms. The molecule has 0 aromatic carbocycles. The van der Waals surface area contributed by atoms with Crippen molar-refractivity contribution >= 4 is 20.9 Å². The van der Waals surface area contributed by atoms with Gasteiger partial charge in [0.25, 0.3) is 0 Å². The predicted octanol–water partition coefficient (Wildman–Crippen LogP) is 1.96. The molecular formula is C16H19N5O2S. The maximum absolute atomic E-state index is 12.3. The second-order valence-corrected chi connectivity index (χ2v) is 7.56. The van der Waals surface area contributed by atoms with Crippen molar-refractivity contribution in [2.45, 2.75) is 38.4 Å². The van der Waals surface area contributed by atoms with E-state index in [0.717, 1.165) is 28.8 Å². The van der Waals surface area contributed by atoms with Crippen LogP contribution in [-0.2, 0) is 22.8 Å². The maximum Gasteiger partial charge on any atom is 0.246 e. The normalized spacial score (nSPS) is 11.9. The number of pyridine rings is 1. The molecule has 0 N–H and O–H groups in total. The summed E-state index contributed by atoms with van der Waals surface area (Å²) in [4.78, 5) is 16.4. The zero-order valence-electron chi connectivity index (χ0n) is 13.7. The average Bonchev–Trinajstić information content (AvgIpc) is 2.95. The Morgan fingerprint density at radius 3 is 2.62 bits per heavy atom. The minimum atomic E-state index is -3.46. The molecule has 0 bridgehead atoms. The second kappa shape index (κ2) is 6.64. The molecule has 3 heterocycles. The van der Waals surface area contributed by atoms with Crippen LogP contribution in [0, 0.1) is 6.92 Å². The first-order chi connectivity index (χ1) is 11.5. The van der Waals surface area contributed by atoms with Crippen molar-refractivity contribution in [3.63, 3.8) is 0 Å². The molecule has 0 saturated heterocycles. The third kappa shape index (κ3) is 3.14. The molecule has 3 aromatic rings. The number of aryl methyl sites for hydroxylation is 3. The van der Waals surface area contributed by atoms with Crippen molar-refractivity contribution in [3.05, 3.63) is 42.2 Å². The number of fused-ring (bicyclic) bond motifs is 1. The standard InChI is InChI=1S/C16H19N5O2S/c1-3-14-20-13-11-17-10-12(2)15(13)21(14)8-5-9-24(22,23)16-18-6-4-7-19-16/h4,6-7,10-11H,3,5,8-9H2,1-2H3. The van der Waals surface area contributed by atoms with Crippen molar-refractivity contribution in [1.29, 1.82) is 0 Å². The molecule has 0 fully saturated rings. The minimum absolute atomic E-state index is 0.00394. The Labute approximate surface area is 140 Å². The maximum atomic E-state index is 12.3. The summed E-state index contributed by atoms with van der Waals surface area (Å²) in [7, 11) is -3.46. The lowest BCUT2D eigenvalue weighted by atomic mass is 10.2. The summed E-state index contributed by atoms with van der Waals surface area (Å²) in [6.45, 7) is 4.60. The number of aromatic nitrogens is 5. The van der Waals surface area contributed by atoms with Gasteiger partial charge in [0.05, 0.1) is 17.5 Å². The van der Waals surface area contributed by atoms with Crippen LogP contribution in [0.3, 0.4) is 0 Å². The van der Waals surface area contributed by atoms with Crippen LogP contribution in [0.5, 0.6) is 0 Å². The van der Waals surface area contributed by atoms with E-state index in [1.807, 2.05) is 13.8 Å². The van der Waals surface area contributed by atoms with E-state index in [4.69, 9.17) is 0 Å². The van der Waals surface area contributed by atoms with Gasteiger partial charge in [-0.05, 0) is 25.0 Å². The topological polar surface area (TPSA) is 90.6 Å². The van der Waals surface area contributed by atoms with Crippen LogP contribution in [0.4, 0.5) is 0 Å². The van der Waals surface area contributed by atoms with Crippen molar-refractivity contribution in [3.8, 4) is 0 Å². The van der Waals surface area contributed by atoms with Crippen LogP contribution in [0.25, 0.3) is 11.0 Å². The average molecular weight is 345 g/mol. The zero-order valence-corrected chi connectivity index (χ0v) is 14.5. The first-order valence-corrected chi connectivity index (χ1v) is 9.47. The Kier molecular flexibility index (Phi) is 4.57. The molecule has 126 valence electrons. The first kappa shape index (κ1) is 16.5. The van der Waals surface area contributed by atoms with Gasteiger partial charge in [0.2, 0.25) is 15.0 Å². The van der Waals surface area contributed by atoms with Crippen molar-refractivity contribution in [2.75, 3.05) is 5.75 Å². The van der Waals surface area contributed by atoms with E-state index in [1.54, 1.807) is 18.5 Å². The molecule has 0 atom stereocenters. The van der Waals surface area contributed by atoms with Crippen molar-refractivity contribution in [2.24, 2.45) is 0 Å². The molecule has 0 saturated carbocycles. The molecule has 7 nitrogen and oxygen atoms in total. The van der Waals surface area contributed by atoms with Crippen LogP contribution < -0.4 is 0 Å². The van der Waals surface area contributed by atoms with E-state index < -0.39 is 9.84 Å². The molecule has 0 radical (unpaired) electrons. The molecule has 0 aliphatic carbocycles. The van der Waals surface area contributed by atoms with Gasteiger partial charge in [0, 0.05) is 31.6 Å². The molecule has 0 aliphatic rings. The number of hydrogen-bond acceptors (Lipinski definition) is 6. The van der Waals surface area contributed by atoms with E-state index in [2.05, 4.69) is 24.5 Å². The number of nitrogens with zero attached hydrogens (tertiary/aromatic N) is 5. The number of sulfone groups is 1. The molecule has 8 heteroatoms. The van der Waals surface area contributed by atoms with E-state index in [1.165, 1.54) is 12.4 Å². The highest BCUT2D eigenvalue weighted by atomic mass is 32.2. The van der Waals surface area contributed by atoms with E-state index >= 15 is 0 Å². The Balaban J connectivity index is 1.81. The Hall–Kier alpha value is -2.35. The molecule has 3 aromatic heterocycles. The van der Waals surface area contributed by atoms with Crippen LogP contribution in [0.15, 0.2) is 36.0 Å². The van der Waals surface area contributed by atoms with Gasteiger partial charge in [-0.1, -0.05) is 6.92 Å². The van der Waals surface area contributed by atoms with Gasteiger partial charge in [-0.3, -0.25) is 4.98 Å². The summed E-state index contributed by atoms with van der Waals surface area (Å²) in [5.74, 6) is 0.943. The fourth-order valence-corrected chi connectivity index (χ4v) is 3.90. The Morgan fingerprint density at radius 1 is 1.17 bits per heavy atom. The van der Waals surface area contributed by atoms with Crippen molar-refractivity contribution < 1.29 is 8.42 Å². The summed E-state index contributed by atoms with van der Waals surface area (Å²) in [5.41, 5.74) is 2.91. The Bertz CT molecular complexity index is 951. The van der Waals surface area contributed by atoms with Gasteiger partial charge < -0.3 is 4.57 Å². The largest absolute Gasteiger partial charge is 0.328 e. The highest BCUT2D eigenvalue weighted by molar-refractivity contribution is 7.91. The number of hydrogen-bond donors (Lipinski definition) is 0. The number of imidazole rings is 1. The van der Waals surface area contributed by atoms with E-state index in [-0.39, 0.29) is 10.9 Å². The lowest BCUT2D eigenvalue weighted by Crippen LogP contribution is -2.13. The summed E-state index contributed by atoms with van der Waals surface area (Å²) in [6.07, 6.45) is 7.67. The summed E-state index contributed by atoms with van der Waals surface area (Å²) in [6, 6.07) is 1.60. The SMILES string of the molecule is CCc1nc2cncc(C)c2n1CCCS(=O)(=O)c1ncccn1. The third-order valence-electron chi connectivity index (χ3n) is 3.84. The smallest absolute Gasteiger partial charge is 0.246 e. The van der Waals surface area contributed by atoms with Crippen LogP contribution in [0.1, 0.15) is 24.7 Å². The monoisotopic (exact) mass is 345 g/mol. The summed E-state index contributed by atoms with van der Waals surface area (Å²) < 4.78 is 26.7. The molecule has 0 amide bonds. The van der Waals surface area contributed by atoms with Crippen LogP contribution in [-0.4, -0.2) is 38.7 Å². The molecule has 24 heavy (non-hydrogen) atoms. The minimum Gasteiger partial charge on any atom is -0.328 e. The lowest BCUT2D eigenvalue weighted by Gasteiger charge is -2.09. The van der Waals surface area contributed by atoms with Gasteiger partial charge in [0.15, 0.2) is 0 Å². The molecule has 0 aliphatic heterocycles. The molecular weight excluding hydrogens is 326 g/mol. The van der Waals surface area contributed by atoms with Gasteiger partial charge in [-0.2, -0.15) is 0 Å². The van der Waals surface area contributed by atoms with Gasteiger partial charge in [0.1, 0.15) is 11.3 Å². The van der Waals surface area contributed by atoms with Crippen molar-refractivity contribution in [1.82, 2.24) is 24.5 Å². The van der Waals surface area contributed by atoms with Gasteiger partial charge in [-0.25, -0.2) is 23.4 Å². The fourth-order valence-electron chi connectivity index (χ4n) is 2.77. The summed E-state index contributed by atoms with van der Waals surface area (Å²) in [5, 5.41) is -0.114. The highest BCUT2D eigenvalue weighted by Crippen LogP contribution is 2.20. The van der Waals surface area contributed by atoms with Crippen LogP contribution >= 0.6 is 0 Å². The second-order valence-electron chi connectivity index (χ2n) is 5.56. The van der Waals surface area contributed by atoms with E-state index in [0.29, 0.717) is 13.0 Å². The quantitative estimate of drug-likeness (QED) is 0.634. The number of rotatable bonds is 6. The zero-order chi connectivity index (χ0) is 17.2.